The zero-order chi connectivity index (χ0) is 27.4. The first-order chi connectivity index (χ1) is 19.0. The van der Waals surface area contributed by atoms with Gasteiger partial charge in [0.25, 0.3) is 0 Å². The molecule has 2 aromatic carbocycles. The predicted octanol–water partition coefficient (Wildman–Crippen LogP) is 6.31. The van der Waals surface area contributed by atoms with E-state index in [0.717, 1.165) is 24.2 Å². The smallest absolute Gasteiger partial charge is 0.338 e. The number of carbonyl (C=O) groups excluding carboxylic acids is 2. The van der Waals surface area contributed by atoms with Crippen LogP contribution < -0.4 is 9.64 Å². The van der Waals surface area contributed by atoms with Gasteiger partial charge >= 0.3 is 5.97 Å². The van der Waals surface area contributed by atoms with Gasteiger partial charge in [0.05, 0.1) is 17.9 Å². The Labute approximate surface area is 230 Å². The maximum atomic E-state index is 13.0. The van der Waals surface area contributed by atoms with Crippen LogP contribution in [0.4, 0.5) is 5.69 Å². The molecule has 5 rings (SSSR count). The van der Waals surface area contributed by atoms with Crippen LogP contribution in [0.5, 0.6) is 5.88 Å². The van der Waals surface area contributed by atoms with Crippen LogP contribution in [0.2, 0.25) is 0 Å². The molecular weight excluding hydrogens is 516 g/mol. The van der Waals surface area contributed by atoms with Gasteiger partial charge in [-0.25, -0.2) is 4.79 Å². The second-order valence-electron chi connectivity index (χ2n) is 8.83. The Bertz CT molecular complexity index is 1490. The Morgan fingerprint density at radius 1 is 1.03 bits per heavy atom. The summed E-state index contributed by atoms with van der Waals surface area (Å²) in [6.45, 7) is 5.68. The molecule has 0 spiro atoms. The van der Waals surface area contributed by atoms with E-state index in [0.29, 0.717) is 45.8 Å². The quantitative estimate of drug-likeness (QED) is 0.143. The lowest BCUT2D eigenvalue weighted by atomic mass is 10.1. The molecule has 1 unspecified atom stereocenters. The van der Waals surface area contributed by atoms with Gasteiger partial charge in [-0.3, -0.25) is 9.69 Å². The van der Waals surface area contributed by atoms with Crippen LogP contribution in [-0.2, 0) is 9.53 Å². The van der Waals surface area contributed by atoms with Gasteiger partial charge in [0.2, 0.25) is 23.2 Å². The van der Waals surface area contributed by atoms with Crippen molar-refractivity contribution in [2.24, 2.45) is 0 Å². The first kappa shape index (κ1) is 26.4. The summed E-state index contributed by atoms with van der Waals surface area (Å²) in [6, 6.07) is 18.0. The number of unbranched alkanes of at least 4 members (excludes halogenated alkanes) is 1. The zero-order valence-corrected chi connectivity index (χ0v) is 22.7. The highest BCUT2D eigenvalue weighted by atomic mass is 32.2. The number of ether oxygens (including phenoxy) is 2. The van der Waals surface area contributed by atoms with Crippen molar-refractivity contribution in [3.05, 3.63) is 72.0 Å². The fourth-order valence-electron chi connectivity index (χ4n) is 4.23. The summed E-state index contributed by atoms with van der Waals surface area (Å²) >= 11 is 1.52. The molecule has 1 aliphatic heterocycles. The Balaban J connectivity index is 1.53. The number of para-hydroxylation sites is 1. The number of amides is 1. The van der Waals surface area contributed by atoms with Crippen LogP contribution in [0.1, 0.15) is 56.0 Å². The van der Waals surface area contributed by atoms with Gasteiger partial charge in [0, 0.05) is 23.8 Å². The van der Waals surface area contributed by atoms with E-state index in [2.05, 4.69) is 22.1 Å². The van der Waals surface area contributed by atoms with Crippen molar-refractivity contribution in [2.45, 2.75) is 45.0 Å². The molecular formula is C29H28N4O5S. The fourth-order valence-corrected chi connectivity index (χ4v) is 5.09. The second-order valence-corrected chi connectivity index (χ2v) is 9.89. The number of hydrogen-bond acceptors (Lipinski definition) is 9. The minimum absolute atomic E-state index is 0.234. The number of thioether (sulfide) groups is 1. The minimum atomic E-state index is -0.928. The fraction of sp³-hybridized carbons (Fsp3) is 0.276. The molecule has 0 aliphatic carbocycles. The third-order valence-electron chi connectivity index (χ3n) is 6.13. The van der Waals surface area contributed by atoms with Gasteiger partial charge in [-0.05, 0) is 43.7 Å². The first-order valence-electron chi connectivity index (χ1n) is 12.8. The Kier molecular flexibility index (Phi) is 7.92. The Hall–Kier alpha value is -4.18. The number of esters is 1. The average molecular weight is 545 g/mol. The molecule has 0 N–H and O–H groups in total. The van der Waals surface area contributed by atoms with Gasteiger partial charge in [-0.2, -0.15) is 4.98 Å². The van der Waals surface area contributed by atoms with E-state index in [9.17, 15) is 9.59 Å². The molecule has 0 fully saturated rings. The number of nitrogens with zero attached hydrogens (tertiary/aromatic N) is 4. The largest absolute Gasteiger partial charge is 0.462 e. The molecule has 0 saturated carbocycles. The number of hydrogen-bond donors (Lipinski definition) is 0. The van der Waals surface area contributed by atoms with Crippen LogP contribution in [0.25, 0.3) is 22.6 Å². The monoisotopic (exact) mass is 544 g/mol. The summed E-state index contributed by atoms with van der Waals surface area (Å²) in [5.41, 5.74) is 2.98. The summed E-state index contributed by atoms with van der Waals surface area (Å²) < 4.78 is 17.7. The van der Waals surface area contributed by atoms with Crippen molar-refractivity contribution < 1.29 is 23.5 Å². The van der Waals surface area contributed by atoms with E-state index >= 15 is 0 Å². The van der Waals surface area contributed by atoms with E-state index in [1.807, 2.05) is 24.3 Å². The lowest BCUT2D eigenvalue weighted by Gasteiger charge is -2.28. The molecule has 0 saturated heterocycles. The van der Waals surface area contributed by atoms with Gasteiger partial charge in [0.15, 0.2) is 11.5 Å². The van der Waals surface area contributed by atoms with Crippen molar-refractivity contribution in [3.8, 4) is 28.5 Å². The van der Waals surface area contributed by atoms with Crippen LogP contribution in [0.3, 0.4) is 0 Å². The maximum Gasteiger partial charge on any atom is 0.338 e. The Morgan fingerprint density at radius 3 is 2.56 bits per heavy atom. The van der Waals surface area contributed by atoms with Crippen molar-refractivity contribution in [1.29, 1.82) is 0 Å². The highest BCUT2D eigenvalue weighted by Crippen LogP contribution is 2.44. The number of carbonyl (C=O) groups is 2. The predicted molar refractivity (Wildman–Crippen MR) is 148 cm³/mol. The summed E-state index contributed by atoms with van der Waals surface area (Å²) in [5.74, 6) is 1.50. The number of rotatable bonds is 8. The number of fused-ring (bicyclic) bond motifs is 3. The standard InChI is InChI=1S/C29H28N4O5S/c1-4-6-17-39-29-30-26-25(31-32-29)21-9-7-8-10-22(21)33(18(3)34)27(38-26)24-16-15-23(37-24)19-11-13-20(14-12-19)28(35)36-5-2/h7-16,27H,4-6,17H2,1-3H3. The van der Waals surface area contributed by atoms with Crippen LogP contribution in [0.15, 0.2) is 70.2 Å². The third-order valence-corrected chi connectivity index (χ3v) is 7.05. The van der Waals surface area contributed by atoms with Gasteiger partial charge in [0.1, 0.15) is 5.76 Å². The van der Waals surface area contributed by atoms with E-state index in [1.165, 1.54) is 23.6 Å². The molecule has 200 valence electrons. The first-order valence-corrected chi connectivity index (χ1v) is 13.8. The van der Waals surface area contributed by atoms with Crippen molar-refractivity contribution >= 4 is 29.3 Å². The summed E-state index contributed by atoms with van der Waals surface area (Å²) in [4.78, 5) is 31.2. The van der Waals surface area contributed by atoms with E-state index in [4.69, 9.17) is 13.9 Å². The summed E-state index contributed by atoms with van der Waals surface area (Å²) in [7, 11) is 0. The molecule has 3 heterocycles. The van der Waals surface area contributed by atoms with Crippen molar-refractivity contribution in [1.82, 2.24) is 15.2 Å². The van der Waals surface area contributed by atoms with Gasteiger partial charge in [-0.1, -0.05) is 55.4 Å². The second kappa shape index (κ2) is 11.7. The lowest BCUT2D eigenvalue weighted by molar-refractivity contribution is -0.118. The number of furan rings is 1. The average Bonchev–Trinajstić information content (AvgIpc) is 3.38. The molecule has 1 atom stereocenters. The van der Waals surface area contributed by atoms with Gasteiger partial charge in [-0.15, -0.1) is 10.2 Å². The summed E-state index contributed by atoms with van der Waals surface area (Å²) in [5, 5.41) is 9.26. The molecule has 10 heteroatoms. The van der Waals surface area contributed by atoms with Crippen LogP contribution >= 0.6 is 11.8 Å². The van der Waals surface area contributed by atoms with E-state index < -0.39 is 6.23 Å². The summed E-state index contributed by atoms with van der Waals surface area (Å²) in [6.07, 6.45) is 1.17. The number of aromatic nitrogens is 3. The van der Waals surface area contributed by atoms with Crippen molar-refractivity contribution in [2.75, 3.05) is 17.3 Å². The maximum absolute atomic E-state index is 13.0. The minimum Gasteiger partial charge on any atom is -0.462 e. The van der Waals surface area contributed by atoms with Crippen molar-refractivity contribution in [3.63, 3.8) is 0 Å². The molecule has 1 aliphatic rings. The molecule has 9 nitrogen and oxygen atoms in total. The Morgan fingerprint density at radius 2 is 1.82 bits per heavy atom. The molecule has 0 bridgehead atoms. The molecule has 1 amide bonds. The van der Waals surface area contributed by atoms with Crippen LogP contribution in [-0.4, -0.2) is 39.4 Å². The van der Waals surface area contributed by atoms with E-state index in [1.54, 1.807) is 43.3 Å². The zero-order valence-electron chi connectivity index (χ0n) is 21.9. The molecule has 39 heavy (non-hydrogen) atoms. The molecule has 0 radical (unpaired) electrons. The van der Waals surface area contributed by atoms with Gasteiger partial charge < -0.3 is 13.9 Å². The number of benzene rings is 2. The highest BCUT2D eigenvalue weighted by molar-refractivity contribution is 7.99. The van der Waals surface area contributed by atoms with E-state index in [-0.39, 0.29) is 17.8 Å². The highest BCUT2D eigenvalue weighted by Gasteiger charge is 2.36. The van der Waals surface area contributed by atoms with Crippen LogP contribution in [0, 0.1) is 0 Å². The normalized spacial score (nSPS) is 14.1. The lowest BCUT2D eigenvalue weighted by Crippen LogP contribution is -2.35. The topological polar surface area (TPSA) is 108 Å². The SMILES string of the molecule is CCCCSc1nnc2c(n1)OC(c1ccc(-c3ccc(C(=O)OCC)cc3)o1)N(C(C)=O)c1ccccc1-2. The molecule has 2 aromatic heterocycles. The third kappa shape index (κ3) is 5.51. The molecule has 4 aromatic rings. The number of anilines is 1.